The zero-order valence-electron chi connectivity index (χ0n) is 12.2. The molecule has 1 aliphatic carbocycles. The Hall–Kier alpha value is -1.57. The highest BCUT2D eigenvalue weighted by Gasteiger charge is 2.65. The summed E-state index contributed by atoms with van der Waals surface area (Å²) >= 11 is 0. The lowest BCUT2D eigenvalue weighted by Crippen LogP contribution is -2.22. The van der Waals surface area contributed by atoms with Crippen LogP contribution >= 0.6 is 0 Å². The number of carbonyl (C=O) groups excluding carboxylic acids is 1. The fourth-order valence-electron chi connectivity index (χ4n) is 2.65. The molecule has 2 nitrogen and oxygen atoms in total. The van der Waals surface area contributed by atoms with Gasteiger partial charge in [-0.1, -0.05) is 55.8 Å². The van der Waals surface area contributed by atoms with Crippen LogP contribution in [-0.4, -0.2) is 5.97 Å². The minimum Gasteiger partial charge on any atom is -0.460 e. The lowest BCUT2D eigenvalue weighted by atomic mass is 9.94. The molecular weight excluding hydrogens is 236 g/mol. The molecule has 19 heavy (non-hydrogen) atoms. The lowest BCUT2D eigenvalue weighted by Gasteiger charge is -2.16. The van der Waals surface area contributed by atoms with Crippen molar-refractivity contribution < 1.29 is 9.53 Å². The second kappa shape index (κ2) is 4.84. The van der Waals surface area contributed by atoms with E-state index in [1.807, 2.05) is 44.2 Å². The molecule has 0 aromatic heterocycles. The van der Waals surface area contributed by atoms with Crippen LogP contribution in [0.5, 0.6) is 0 Å². The van der Waals surface area contributed by atoms with Gasteiger partial charge in [-0.05, 0) is 31.2 Å². The first kappa shape index (κ1) is 13.9. The SMILES string of the molecule is CC(C)=CC1(C(=O)OCc2ccccc2)CC1(C)C. The molecule has 1 atom stereocenters. The summed E-state index contributed by atoms with van der Waals surface area (Å²) in [7, 11) is 0. The predicted octanol–water partition coefficient (Wildman–Crippen LogP) is 4.11. The van der Waals surface area contributed by atoms with Gasteiger partial charge in [0.2, 0.25) is 0 Å². The molecule has 1 fully saturated rings. The summed E-state index contributed by atoms with van der Waals surface area (Å²) in [6.07, 6.45) is 2.94. The van der Waals surface area contributed by atoms with Crippen molar-refractivity contribution in [3.63, 3.8) is 0 Å². The number of esters is 1. The quantitative estimate of drug-likeness (QED) is 0.600. The van der Waals surface area contributed by atoms with Crippen LogP contribution in [0.4, 0.5) is 0 Å². The molecule has 0 spiro atoms. The smallest absolute Gasteiger partial charge is 0.316 e. The van der Waals surface area contributed by atoms with Gasteiger partial charge in [-0.2, -0.15) is 0 Å². The molecule has 0 amide bonds. The Morgan fingerprint density at radius 1 is 1.26 bits per heavy atom. The Morgan fingerprint density at radius 3 is 2.32 bits per heavy atom. The maximum absolute atomic E-state index is 12.4. The van der Waals surface area contributed by atoms with E-state index < -0.39 is 5.41 Å². The molecule has 1 aromatic rings. The highest BCUT2D eigenvalue weighted by atomic mass is 16.5. The number of rotatable bonds is 4. The third-order valence-electron chi connectivity index (χ3n) is 3.92. The van der Waals surface area contributed by atoms with E-state index in [0.29, 0.717) is 6.61 Å². The predicted molar refractivity (Wildman–Crippen MR) is 76.5 cm³/mol. The molecule has 2 heteroatoms. The molecule has 1 unspecified atom stereocenters. The third kappa shape index (κ3) is 2.73. The van der Waals surface area contributed by atoms with Gasteiger partial charge in [0.05, 0.1) is 5.41 Å². The second-order valence-electron chi connectivity index (χ2n) is 6.32. The fraction of sp³-hybridized carbons (Fsp3) is 0.471. The van der Waals surface area contributed by atoms with Crippen LogP contribution in [0.2, 0.25) is 0 Å². The maximum Gasteiger partial charge on any atom is 0.316 e. The van der Waals surface area contributed by atoms with Gasteiger partial charge in [0.1, 0.15) is 6.61 Å². The van der Waals surface area contributed by atoms with Crippen molar-refractivity contribution in [2.24, 2.45) is 10.8 Å². The monoisotopic (exact) mass is 258 g/mol. The van der Waals surface area contributed by atoms with Crippen molar-refractivity contribution in [1.29, 1.82) is 0 Å². The molecule has 1 aromatic carbocycles. The summed E-state index contributed by atoms with van der Waals surface area (Å²) < 4.78 is 5.51. The first-order valence-electron chi connectivity index (χ1n) is 6.75. The molecule has 0 N–H and O–H groups in total. The zero-order valence-corrected chi connectivity index (χ0v) is 12.2. The van der Waals surface area contributed by atoms with Gasteiger partial charge in [-0.25, -0.2) is 0 Å². The summed E-state index contributed by atoms with van der Waals surface area (Å²) in [5.74, 6) is -0.0949. The Bertz CT molecular complexity index is 495. The molecule has 0 heterocycles. The average Bonchev–Trinajstić information content (AvgIpc) is 2.89. The first-order chi connectivity index (χ1) is 8.87. The summed E-state index contributed by atoms with van der Waals surface area (Å²) in [4.78, 5) is 12.4. The van der Waals surface area contributed by atoms with E-state index in [1.54, 1.807) is 0 Å². The van der Waals surface area contributed by atoms with Crippen LogP contribution < -0.4 is 0 Å². The maximum atomic E-state index is 12.4. The standard InChI is InChI=1S/C17H22O2/c1-13(2)10-17(12-16(17,3)4)15(18)19-11-14-8-6-5-7-9-14/h5-10H,11-12H2,1-4H3. The van der Waals surface area contributed by atoms with Gasteiger partial charge >= 0.3 is 5.97 Å². The molecule has 1 aliphatic rings. The topological polar surface area (TPSA) is 26.3 Å². The average molecular weight is 258 g/mol. The number of benzene rings is 1. The van der Waals surface area contributed by atoms with Crippen molar-refractivity contribution in [3.8, 4) is 0 Å². The molecule has 0 radical (unpaired) electrons. The number of allylic oxidation sites excluding steroid dienone is 1. The van der Waals surface area contributed by atoms with Gasteiger partial charge < -0.3 is 4.74 Å². The van der Waals surface area contributed by atoms with Crippen LogP contribution in [0.15, 0.2) is 42.0 Å². The third-order valence-corrected chi connectivity index (χ3v) is 3.92. The van der Waals surface area contributed by atoms with E-state index in [0.717, 1.165) is 12.0 Å². The number of ether oxygens (including phenoxy) is 1. The zero-order chi connectivity index (χ0) is 14.1. The van der Waals surface area contributed by atoms with E-state index in [2.05, 4.69) is 19.9 Å². The van der Waals surface area contributed by atoms with Crippen molar-refractivity contribution in [3.05, 3.63) is 47.5 Å². The Morgan fingerprint density at radius 2 is 1.84 bits per heavy atom. The molecular formula is C17H22O2. The number of carbonyl (C=O) groups is 1. The lowest BCUT2D eigenvalue weighted by molar-refractivity contribution is -0.150. The summed E-state index contributed by atoms with van der Waals surface area (Å²) in [6.45, 7) is 8.65. The molecule has 0 bridgehead atoms. The van der Waals surface area contributed by atoms with Crippen LogP contribution in [-0.2, 0) is 16.1 Å². The Labute approximate surface area is 115 Å². The van der Waals surface area contributed by atoms with Crippen molar-refractivity contribution in [2.45, 2.75) is 40.7 Å². The van der Waals surface area contributed by atoms with E-state index in [4.69, 9.17) is 4.74 Å². The van der Waals surface area contributed by atoms with Crippen molar-refractivity contribution in [1.82, 2.24) is 0 Å². The largest absolute Gasteiger partial charge is 0.460 e. The Kier molecular flexibility index (Phi) is 3.53. The van der Waals surface area contributed by atoms with Gasteiger partial charge in [-0.3, -0.25) is 4.79 Å². The van der Waals surface area contributed by atoms with Crippen LogP contribution in [0.1, 0.15) is 39.7 Å². The molecule has 1 saturated carbocycles. The molecule has 2 rings (SSSR count). The van der Waals surface area contributed by atoms with Crippen molar-refractivity contribution in [2.75, 3.05) is 0 Å². The van der Waals surface area contributed by atoms with E-state index >= 15 is 0 Å². The molecule has 0 saturated heterocycles. The van der Waals surface area contributed by atoms with Gasteiger partial charge in [0.25, 0.3) is 0 Å². The first-order valence-corrected chi connectivity index (χ1v) is 6.75. The van der Waals surface area contributed by atoms with E-state index in [9.17, 15) is 4.79 Å². The number of hydrogen-bond acceptors (Lipinski definition) is 2. The minimum atomic E-state index is -0.416. The normalized spacial score (nSPS) is 23.6. The molecule has 0 aliphatic heterocycles. The number of hydrogen-bond donors (Lipinski definition) is 0. The van der Waals surface area contributed by atoms with Crippen LogP contribution in [0.25, 0.3) is 0 Å². The van der Waals surface area contributed by atoms with Crippen LogP contribution in [0, 0.1) is 10.8 Å². The highest BCUT2D eigenvalue weighted by molar-refractivity contribution is 5.84. The van der Waals surface area contributed by atoms with Gasteiger partial charge in [-0.15, -0.1) is 0 Å². The second-order valence-corrected chi connectivity index (χ2v) is 6.32. The molecule has 102 valence electrons. The fourth-order valence-corrected chi connectivity index (χ4v) is 2.65. The van der Waals surface area contributed by atoms with E-state index in [1.165, 1.54) is 5.57 Å². The van der Waals surface area contributed by atoms with Gasteiger partial charge in [0, 0.05) is 0 Å². The van der Waals surface area contributed by atoms with Gasteiger partial charge in [0.15, 0.2) is 0 Å². The van der Waals surface area contributed by atoms with E-state index in [-0.39, 0.29) is 11.4 Å². The summed E-state index contributed by atoms with van der Waals surface area (Å²) in [5.41, 5.74) is 1.79. The Balaban J connectivity index is 2.05. The van der Waals surface area contributed by atoms with Crippen LogP contribution in [0.3, 0.4) is 0 Å². The highest BCUT2D eigenvalue weighted by Crippen LogP contribution is 2.65. The van der Waals surface area contributed by atoms with Crippen molar-refractivity contribution >= 4 is 5.97 Å². The summed E-state index contributed by atoms with van der Waals surface area (Å²) in [6, 6.07) is 9.81. The summed E-state index contributed by atoms with van der Waals surface area (Å²) in [5, 5.41) is 0. The minimum absolute atomic E-state index is 0.0119.